The Morgan fingerprint density at radius 2 is 2.10 bits per heavy atom. The van der Waals surface area contributed by atoms with Crippen LogP contribution in [0.3, 0.4) is 0 Å². The largest absolute Gasteiger partial charge is 0.280 e. The predicted molar refractivity (Wildman–Crippen MR) is 78.0 cm³/mol. The third kappa shape index (κ3) is 2.06. The molecule has 1 aromatic carbocycles. The van der Waals surface area contributed by atoms with Crippen LogP contribution in [0.1, 0.15) is 11.4 Å². The standard InChI is InChI=1S/C15H13ClFN3/c1-10-11(17)4-2-6-13(10)20-14(7-8-16)19-12-5-3-9-18-15(12)20/h2-6,9H,7-8H2,1H3. The first-order valence-electron chi connectivity index (χ1n) is 6.36. The summed E-state index contributed by atoms with van der Waals surface area (Å²) in [5.41, 5.74) is 2.84. The van der Waals surface area contributed by atoms with E-state index >= 15 is 0 Å². The van der Waals surface area contributed by atoms with E-state index in [4.69, 9.17) is 11.6 Å². The molecule has 5 heteroatoms. The molecule has 0 aliphatic heterocycles. The molecule has 0 saturated heterocycles. The Bertz CT molecular complexity index is 767. The van der Waals surface area contributed by atoms with Crippen molar-refractivity contribution in [2.75, 3.05) is 5.88 Å². The van der Waals surface area contributed by atoms with Gasteiger partial charge in [-0.3, -0.25) is 4.57 Å². The summed E-state index contributed by atoms with van der Waals surface area (Å²) >= 11 is 5.85. The molecule has 0 fully saturated rings. The van der Waals surface area contributed by atoms with Crippen molar-refractivity contribution in [3.05, 3.63) is 53.7 Å². The molecule has 2 aromatic heterocycles. The average molecular weight is 290 g/mol. The van der Waals surface area contributed by atoms with Gasteiger partial charge in [0.05, 0.1) is 5.69 Å². The highest BCUT2D eigenvalue weighted by atomic mass is 35.5. The van der Waals surface area contributed by atoms with Crippen LogP contribution in [0.25, 0.3) is 16.9 Å². The number of halogens is 2. The molecule has 0 spiro atoms. The van der Waals surface area contributed by atoms with Crippen LogP contribution in [-0.2, 0) is 6.42 Å². The van der Waals surface area contributed by atoms with Gasteiger partial charge in [0.2, 0.25) is 0 Å². The summed E-state index contributed by atoms with van der Waals surface area (Å²) in [6, 6.07) is 8.74. The third-order valence-corrected chi connectivity index (χ3v) is 3.47. The van der Waals surface area contributed by atoms with Gasteiger partial charge in [-0.2, -0.15) is 0 Å². The number of rotatable bonds is 3. The van der Waals surface area contributed by atoms with Crippen molar-refractivity contribution in [2.45, 2.75) is 13.3 Å². The second-order valence-electron chi connectivity index (χ2n) is 4.53. The molecule has 0 amide bonds. The highest BCUT2D eigenvalue weighted by molar-refractivity contribution is 6.17. The fourth-order valence-electron chi connectivity index (χ4n) is 2.30. The van der Waals surface area contributed by atoms with Gasteiger partial charge >= 0.3 is 0 Å². The summed E-state index contributed by atoms with van der Waals surface area (Å²) in [4.78, 5) is 8.91. The molecule has 2 heterocycles. The van der Waals surface area contributed by atoms with Crippen LogP contribution in [-0.4, -0.2) is 20.4 Å². The summed E-state index contributed by atoms with van der Waals surface area (Å²) < 4.78 is 15.7. The molecule has 0 radical (unpaired) electrons. The lowest BCUT2D eigenvalue weighted by Gasteiger charge is -2.11. The number of nitrogens with zero attached hydrogens (tertiary/aromatic N) is 3. The highest BCUT2D eigenvalue weighted by Crippen LogP contribution is 2.24. The number of hydrogen-bond acceptors (Lipinski definition) is 2. The Morgan fingerprint density at radius 3 is 2.90 bits per heavy atom. The topological polar surface area (TPSA) is 30.7 Å². The van der Waals surface area contributed by atoms with Gasteiger partial charge in [0.15, 0.2) is 5.65 Å². The Kier molecular flexibility index (Phi) is 3.40. The van der Waals surface area contributed by atoms with E-state index < -0.39 is 0 Å². The number of benzene rings is 1. The Balaban J connectivity index is 2.33. The Morgan fingerprint density at radius 1 is 1.25 bits per heavy atom. The van der Waals surface area contributed by atoms with Gasteiger partial charge in [0, 0.05) is 24.1 Å². The van der Waals surface area contributed by atoms with Crippen LogP contribution in [0.5, 0.6) is 0 Å². The smallest absolute Gasteiger partial charge is 0.164 e. The van der Waals surface area contributed by atoms with Gasteiger partial charge in [-0.15, -0.1) is 11.6 Å². The van der Waals surface area contributed by atoms with E-state index in [9.17, 15) is 4.39 Å². The minimum absolute atomic E-state index is 0.239. The van der Waals surface area contributed by atoms with Crippen molar-refractivity contribution >= 4 is 22.8 Å². The van der Waals surface area contributed by atoms with Gasteiger partial charge in [-0.25, -0.2) is 14.4 Å². The Labute approximate surface area is 121 Å². The summed E-state index contributed by atoms with van der Waals surface area (Å²) in [6.07, 6.45) is 2.31. The molecule has 0 saturated carbocycles. The van der Waals surface area contributed by atoms with E-state index in [1.165, 1.54) is 6.07 Å². The number of hydrogen-bond donors (Lipinski definition) is 0. The average Bonchev–Trinajstić information content (AvgIpc) is 2.80. The van der Waals surface area contributed by atoms with E-state index in [2.05, 4.69) is 9.97 Å². The van der Waals surface area contributed by atoms with Crippen molar-refractivity contribution in [3.8, 4) is 5.69 Å². The van der Waals surface area contributed by atoms with Crippen LogP contribution in [0, 0.1) is 12.7 Å². The molecular weight excluding hydrogens is 277 g/mol. The fourth-order valence-corrected chi connectivity index (χ4v) is 2.47. The van der Waals surface area contributed by atoms with Gasteiger partial charge < -0.3 is 0 Å². The normalized spacial score (nSPS) is 11.2. The van der Waals surface area contributed by atoms with Gasteiger partial charge in [-0.05, 0) is 31.2 Å². The lowest BCUT2D eigenvalue weighted by molar-refractivity contribution is 0.616. The van der Waals surface area contributed by atoms with Crippen molar-refractivity contribution in [1.29, 1.82) is 0 Å². The van der Waals surface area contributed by atoms with Crippen LogP contribution in [0.15, 0.2) is 36.5 Å². The molecule has 102 valence electrons. The zero-order valence-corrected chi connectivity index (χ0v) is 11.7. The van der Waals surface area contributed by atoms with Crippen LogP contribution in [0.4, 0.5) is 4.39 Å². The third-order valence-electron chi connectivity index (χ3n) is 3.28. The molecule has 0 N–H and O–H groups in total. The molecular formula is C15H13ClFN3. The molecule has 3 aromatic rings. The molecule has 3 rings (SSSR count). The summed E-state index contributed by atoms with van der Waals surface area (Å²) in [5.74, 6) is 1.01. The number of pyridine rings is 1. The second kappa shape index (κ2) is 5.21. The van der Waals surface area contributed by atoms with Crippen molar-refractivity contribution in [2.24, 2.45) is 0 Å². The molecule has 0 aliphatic carbocycles. The van der Waals surface area contributed by atoms with Gasteiger partial charge in [0.25, 0.3) is 0 Å². The van der Waals surface area contributed by atoms with Crippen molar-refractivity contribution in [3.63, 3.8) is 0 Å². The number of fused-ring (bicyclic) bond motifs is 1. The maximum absolute atomic E-state index is 13.8. The zero-order chi connectivity index (χ0) is 14.1. The first kappa shape index (κ1) is 13.1. The molecule has 3 nitrogen and oxygen atoms in total. The first-order valence-corrected chi connectivity index (χ1v) is 6.89. The van der Waals surface area contributed by atoms with E-state index in [1.54, 1.807) is 19.2 Å². The molecule has 0 bridgehead atoms. The fraction of sp³-hybridized carbons (Fsp3) is 0.200. The quantitative estimate of drug-likeness (QED) is 0.689. The Hall–Kier alpha value is -1.94. The molecule has 0 aliphatic rings. The van der Waals surface area contributed by atoms with E-state index in [-0.39, 0.29) is 5.82 Å². The lowest BCUT2D eigenvalue weighted by Crippen LogP contribution is -2.05. The van der Waals surface area contributed by atoms with Crippen LogP contribution in [0.2, 0.25) is 0 Å². The zero-order valence-electron chi connectivity index (χ0n) is 11.0. The maximum Gasteiger partial charge on any atom is 0.164 e. The van der Waals surface area contributed by atoms with Gasteiger partial charge in [0.1, 0.15) is 17.2 Å². The predicted octanol–water partition coefficient (Wildman–Crippen LogP) is 3.65. The molecule has 0 atom stereocenters. The second-order valence-corrected chi connectivity index (χ2v) is 4.91. The minimum Gasteiger partial charge on any atom is -0.280 e. The van der Waals surface area contributed by atoms with Crippen molar-refractivity contribution < 1.29 is 4.39 Å². The van der Waals surface area contributed by atoms with E-state index in [0.717, 1.165) is 22.7 Å². The van der Waals surface area contributed by atoms with E-state index in [0.29, 0.717) is 17.9 Å². The van der Waals surface area contributed by atoms with Crippen LogP contribution < -0.4 is 0 Å². The number of aromatic nitrogens is 3. The maximum atomic E-state index is 13.8. The van der Waals surface area contributed by atoms with Crippen LogP contribution >= 0.6 is 11.6 Å². The van der Waals surface area contributed by atoms with Crippen molar-refractivity contribution in [1.82, 2.24) is 14.5 Å². The summed E-state index contributed by atoms with van der Waals surface area (Å²) in [5, 5.41) is 0. The minimum atomic E-state index is -0.239. The highest BCUT2D eigenvalue weighted by Gasteiger charge is 2.15. The summed E-state index contributed by atoms with van der Waals surface area (Å²) in [7, 11) is 0. The van der Waals surface area contributed by atoms with E-state index in [1.807, 2.05) is 22.8 Å². The summed E-state index contributed by atoms with van der Waals surface area (Å²) in [6.45, 7) is 1.75. The molecule has 0 unspecified atom stereocenters. The first-order chi connectivity index (χ1) is 9.72. The number of alkyl halides is 1. The van der Waals surface area contributed by atoms with Gasteiger partial charge in [-0.1, -0.05) is 6.07 Å². The number of aryl methyl sites for hydroxylation is 1. The lowest BCUT2D eigenvalue weighted by atomic mass is 10.2. The molecule has 20 heavy (non-hydrogen) atoms. The monoisotopic (exact) mass is 289 g/mol. The SMILES string of the molecule is Cc1c(F)cccc1-n1c(CCCl)nc2cccnc21. The number of imidazole rings is 1.